The first kappa shape index (κ1) is 8.53. The van der Waals surface area contributed by atoms with Gasteiger partial charge in [0, 0.05) is 6.42 Å². The molecule has 1 rings (SSSR count). The maximum absolute atomic E-state index is 10.9. The first-order valence-electron chi connectivity index (χ1n) is 3.50. The van der Waals surface area contributed by atoms with Crippen molar-refractivity contribution in [2.24, 2.45) is 11.1 Å². The molecule has 0 amide bonds. The molecule has 3 nitrogen and oxygen atoms in total. The lowest BCUT2D eigenvalue weighted by Gasteiger charge is -2.12. The van der Waals surface area contributed by atoms with Gasteiger partial charge in [-0.1, -0.05) is 23.7 Å². The Bertz CT molecular complexity index is 203. The molecule has 0 bridgehead atoms. The molecule has 11 heavy (non-hydrogen) atoms. The Morgan fingerprint density at radius 1 is 1.91 bits per heavy atom. The fourth-order valence-corrected chi connectivity index (χ4v) is 1.09. The number of carbonyl (C=O) groups is 1. The summed E-state index contributed by atoms with van der Waals surface area (Å²) in [6, 6.07) is 0. The zero-order valence-electron chi connectivity index (χ0n) is 6.50. The van der Waals surface area contributed by atoms with E-state index in [2.05, 4.69) is 5.16 Å². The van der Waals surface area contributed by atoms with Gasteiger partial charge in [0.15, 0.2) is 0 Å². The lowest BCUT2D eigenvalue weighted by Crippen LogP contribution is -2.23. The normalized spacial score (nSPS) is 25.7. The minimum atomic E-state index is -0.153. The zero-order valence-corrected chi connectivity index (χ0v) is 7.26. The van der Waals surface area contributed by atoms with Crippen LogP contribution in [0.4, 0.5) is 0 Å². The first-order valence-corrected chi connectivity index (χ1v) is 3.87. The molecule has 1 aliphatic rings. The van der Waals surface area contributed by atoms with Crippen molar-refractivity contribution in [1.29, 1.82) is 0 Å². The summed E-state index contributed by atoms with van der Waals surface area (Å²) in [5.74, 6) is -0.00781. The maximum atomic E-state index is 10.9. The standard InChI is InChI=1S/C7H10ClNO2/c1-4(5(2)10)6-3-7(8)9-11-6/h4,6H,3H2,1-2H3. The van der Waals surface area contributed by atoms with E-state index < -0.39 is 0 Å². The van der Waals surface area contributed by atoms with E-state index in [9.17, 15) is 4.79 Å². The Morgan fingerprint density at radius 3 is 2.91 bits per heavy atom. The van der Waals surface area contributed by atoms with Gasteiger partial charge >= 0.3 is 0 Å². The van der Waals surface area contributed by atoms with Crippen molar-refractivity contribution in [3.63, 3.8) is 0 Å². The number of oxime groups is 1. The summed E-state index contributed by atoms with van der Waals surface area (Å²) in [5, 5.41) is 4.00. The van der Waals surface area contributed by atoms with Gasteiger partial charge in [-0.3, -0.25) is 4.79 Å². The SMILES string of the molecule is CC(=O)C(C)C1CC(Cl)=NO1. The summed E-state index contributed by atoms with van der Waals surface area (Å²) in [5.41, 5.74) is 0. The van der Waals surface area contributed by atoms with E-state index >= 15 is 0 Å². The number of nitrogens with zero attached hydrogens (tertiary/aromatic N) is 1. The predicted molar refractivity (Wildman–Crippen MR) is 42.6 cm³/mol. The summed E-state index contributed by atoms with van der Waals surface area (Å²) >= 11 is 5.57. The van der Waals surface area contributed by atoms with Crippen molar-refractivity contribution in [2.75, 3.05) is 0 Å². The highest BCUT2D eigenvalue weighted by molar-refractivity contribution is 6.65. The Morgan fingerprint density at radius 2 is 2.55 bits per heavy atom. The molecule has 1 aliphatic heterocycles. The molecule has 0 spiro atoms. The lowest BCUT2D eigenvalue weighted by molar-refractivity contribution is -0.124. The highest BCUT2D eigenvalue weighted by atomic mass is 35.5. The van der Waals surface area contributed by atoms with E-state index in [1.807, 2.05) is 6.92 Å². The number of ketones is 1. The quantitative estimate of drug-likeness (QED) is 0.639. The molecule has 1 heterocycles. The molecule has 62 valence electrons. The van der Waals surface area contributed by atoms with E-state index in [1.165, 1.54) is 0 Å². The predicted octanol–water partition coefficient (Wildman–Crippen LogP) is 1.55. The van der Waals surface area contributed by atoms with Crippen LogP contribution in [0.5, 0.6) is 0 Å². The molecule has 0 N–H and O–H groups in total. The number of halogens is 1. The second-order valence-corrected chi connectivity index (χ2v) is 3.15. The van der Waals surface area contributed by atoms with Crippen molar-refractivity contribution < 1.29 is 9.63 Å². The van der Waals surface area contributed by atoms with Gasteiger partial charge in [0.25, 0.3) is 0 Å². The van der Waals surface area contributed by atoms with Gasteiger partial charge in [0.1, 0.15) is 17.1 Å². The molecule has 0 saturated carbocycles. The van der Waals surface area contributed by atoms with Crippen molar-refractivity contribution in [3.8, 4) is 0 Å². The monoisotopic (exact) mass is 175 g/mol. The summed E-state index contributed by atoms with van der Waals surface area (Å²) in [4.78, 5) is 15.8. The highest BCUT2D eigenvalue weighted by Gasteiger charge is 2.28. The molecule has 4 heteroatoms. The van der Waals surface area contributed by atoms with Crippen LogP contribution in [0.1, 0.15) is 20.3 Å². The number of hydrogen-bond acceptors (Lipinski definition) is 3. The molecule has 2 atom stereocenters. The second-order valence-electron chi connectivity index (χ2n) is 2.71. The molecular formula is C7H10ClNO2. The smallest absolute Gasteiger partial charge is 0.149 e. The van der Waals surface area contributed by atoms with Gasteiger partial charge in [-0.25, -0.2) is 0 Å². The first-order chi connectivity index (χ1) is 5.11. The van der Waals surface area contributed by atoms with Gasteiger partial charge in [0.2, 0.25) is 0 Å². The van der Waals surface area contributed by atoms with Crippen molar-refractivity contribution in [2.45, 2.75) is 26.4 Å². The highest BCUT2D eigenvalue weighted by Crippen LogP contribution is 2.20. The number of hydrogen-bond donors (Lipinski definition) is 0. The van der Waals surface area contributed by atoms with E-state index in [-0.39, 0.29) is 17.8 Å². The van der Waals surface area contributed by atoms with Crippen LogP contribution < -0.4 is 0 Å². The van der Waals surface area contributed by atoms with Crippen LogP contribution in [-0.2, 0) is 9.63 Å². The summed E-state index contributed by atoms with van der Waals surface area (Å²) in [6.07, 6.45) is 0.405. The van der Waals surface area contributed by atoms with Gasteiger partial charge in [-0.15, -0.1) is 0 Å². The molecule has 0 saturated heterocycles. The lowest BCUT2D eigenvalue weighted by atomic mass is 9.99. The Labute approximate surface area is 70.4 Å². The van der Waals surface area contributed by atoms with Crippen LogP contribution in [0, 0.1) is 5.92 Å². The van der Waals surface area contributed by atoms with Crippen molar-refractivity contribution in [1.82, 2.24) is 0 Å². The molecule has 0 aliphatic carbocycles. The molecule has 0 aromatic rings. The third-order valence-corrected chi connectivity index (χ3v) is 2.08. The van der Waals surface area contributed by atoms with Crippen LogP contribution in [0.3, 0.4) is 0 Å². The van der Waals surface area contributed by atoms with Gasteiger partial charge in [-0.2, -0.15) is 0 Å². The van der Waals surface area contributed by atoms with Crippen LogP contribution in [0.15, 0.2) is 5.16 Å². The largest absolute Gasteiger partial charge is 0.390 e. The number of Topliss-reactive ketones (excluding diaryl/α,β-unsaturated/α-hetero) is 1. The minimum Gasteiger partial charge on any atom is -0.390 e. The minimum absolute atomic E-state index is 0.108. The average molecular weight is 176 g/mol. The molecule has 0 aromatic heterocycles. The fourth-order valence-electron chi connectivity index (χ4n) is 0.895. The zero-order chi connectivity index (χ0) is 8.43. The van der Waals surface area contributed by atoms with E-state index in [1.54, 1.807) is 6.92 Å². The topological polar surface area (TPSA) is 38.7 Å². The maximum Gasteiger partial charge on any atom is 0.149 e. The van der Waals surface area contributed by atoms with E-state index in [0.29, 0.717) is 11.6 Å². The Kier molecular flexibility index (Phi) is 2.49. The summed E-state index contributed by atoms with van der Waals surface area (Å²) in [7, 11) is 0. The Hall–Kier alpha value is -0.570. The van der Waals surface area contributed by atoms with Crippen molar-refractivity contribution in [3.05, 3.63) is 0 Å². The summed E-state index contributed by atoms with van der Waals surface area (Å²) in [6.45, 7) is 3.36. The third kappa shape index (κ3) is 1.93. The van der Waals surface area contributed by atoms with E-state index in [4.69, 9.17) is 16.4 Å². The van der Waals surface area contributed by atoms with Crippen LogP contribution in [0.25, 0.3) is 0 Å². The third-order valence-electron chi connectivity index (χ3n) is 1.86. The van der Waals surface area contributed by atoms with Crippen LogP contribution >= 0.6 is 11.6 Å². The molecule has 0 radical (unpaired) electrons. The molecule has 0 fully saturated rings. The Balaban J connectivity index is 2.47. The van der Waals surface area contributed by atoms with Gasteiger partial charge in [-0.05, 0) is 6.92 Å². The molecule has 0 aromatic carbocycles. The summed E-state index contributed by atoms with van der Waals surface area (Å²) < 4.78 is 0. The van der Waals surface area contributed by atoms with E-state index in [0.717, 1.165) is 0 Å². The molecule has 2 unspecified atom stereocenters. The molecular weight excluding hydrogens is 166 g/mol. The van der Waals surface area contributed by atoms with Crippen LogP contribution in [-0.4, -0.2) is 17.1 Å². The second kappa shape index (κ2) is 3.22. The van der Waals surface area contributed by atoms with Crippen LogP contribution in [0.2, 0.25) is 0 Å². The van der Waals surface area contributed by atoms with Gasteiger partial charge < -0.3 is 4.84 Å². The number of carbonyl (C=O) groups excluding carboxylic acids is 1. The average Bonchev–Trinajstić information content (AvgIpc) is 2.34. The number of rotatable bonds is 2. The van der Waals surface area contributed by atoms with Crippen molar-refractivity contribution >= 4 is 22.6 Å². The fraction of sp³-hybridized carbons (Fsp3) is 0.714. The van der Waals surface area contributed by atoms with Gasteiger partial charge in [0.05, 0.1) is 5.92 Å².